The molecule has 0 saturated carbocycles. The van der Waals surface area contributed by atoms with E-state index in [2.05, 4.69) is 26.6 Å². The topological polar surface area (TPSA) is 50.4 Å². The lowest BCUT2D eigenvalue weighted by Gasteiger charge is -2.27. The molecule has 0 unspecified atom stereocenters. The van der Waals surface area contributed by atoms with Crippen molar-refractivity contribution in [3.8, 4) is 5.75 Å². The van der Waals surface area contributed by atoms with Crippen molar-refractivity contribution in [3.63, 3.8) is 0 Å². The maximum Gasteiger partial charge on any atom is 0.257 e. The summed E-state index contributed by atoms with van der Waals surface area (Å²) in [5.41, 5.74) is 0. The van der Waals surface area contributed by atoms with Gasteiger partial charge in [-0.25, -0.2) is 0 Å². The predicted molar refractivity (Wildman–Crippen MR) is 74.0 cm³/mol. The van der Waals surface area contributed by atoms with Gasteiger partial charge in [-0.05, 0) is 18.2 Å². The maximum atomic E-state index is 11.5. The molecule has 0 spiro atoms. The van der Waals surface area contributed by atoms with Crippen molar-refractivity contribution in [1.82, 2.24) is 10.6 Å². The van der Waals surface area contributed by atoms with Crippen molar-refractivity contribution in [3.05, 3.63) is 27.7 Å². The van der Waals surface area contributed by atoms with Crippen LogP contribution in [-0.2, 0) is 4.79 Å². The van der Waals surface area contributed by atoms with Gasteiger partial charge in [-0.1, -0.05) is 27.5 Å². The highest BCUT2D eigenvalue weighted by atomic mass is 79.9. The van der Waals surface area contributed by atoms with Gasteiger partial charge >= 0.3 is 0 Å². The first-order valence-corrected chi connectivity index (χ1v) is 6.87. The van der Waals surface area contributed by atoms with E-state index >= 15 is 0 Å². The number of ether oxygens (including phenoxy) is 1. The van der Waals surface area contributed by atoms with Crippen molar-refractivity contribution in [2.24, 2.45) is 5.92 Å². The van der Waals surface area contributed by atoms with Crippen LogP contribution < -0.4 is 15.4 Å². The van der Waals surface area contributed by atoms with Crippen molar-refractivity contribution in [1.29, 1.82) is 0 Å². The molecule has 0 atom stereocenters. The van der Waals surface area contributed by atoms with E-state index in [-0.39, 0.29) is 12.5 Å². The first-order valence-electron chi connectivity index (χ1n) is 5.70. The SMILES string of the molecule is O=C(COc1ccc(Br)cc1Cl)NCC1CNC1. The Morgan fingerprint density at radius 1 is 1.56 bits per heavy atom. The molecule has 1 aliphatic heterocycles. The average molecular weight is 334 g/mol. The third-order valence-corrected chi connectivity index (χ3v) is 3.50. The minimum Gasteiger partial charge on any atom is -0.482 e. The van der Waals surface area contributed by atoms with Crippen molar-refractivity contribution >= 4 is 33.4 Å². The first kappa shape index (κ1) is 13.6. The number of carbonyl (C=O) groups excluding carboxylic acids is 1. The zero-order chi connectivity index (χ0) is 13.0. The second-order valence-electron chi connectivity index (χ2n) is 4.19. The summed E-state index contributed by atoms with van der Waals surface area (Å²) in [6, 6.07) is 5.28. The lowest BCUT2D eigenvalue weighted by molar-refractivity contribution is -0.123. The summed E-state index contributed by atoms with van der Waals surface area (Å²) in [6.45, 7) is 2.63. The molecule has 2 rings (SSSR count). The van der Waals surface area contributed by atoms with Crippen LogP contribution in [0.15, 0.2) is 22.7 Å². The molecule has 1 heterocycles. The molecule has 1 amide bonds. The van der Waals surface area contributed by atoms with Gasteiger partial charge in [0.1, 0.15) is 5.75 Å². The third-order valence-electron chi connectivity index (χ3n) is 2.71. The number of amides is 1. The average Bonchev–Trinajstić information content (AvgIpc) is 2.25. The summed E-state index contributed by atoms with van der Waals surface area (Å²) in [5.74, 6) is 0.937. The Labute approximate surface area is 119 Å². The molecule has 98 valence electrons. The van der Waals surface area contributed by atoms with Gasteiger partial charge in [-0.2, -0.15) is 0 Å². The summed E-state index contributed by atoms with van der Waals surface area (Å²) in [7, 11) is 0. The molecule has 2 N–H and O–H groups in total. The fourth-order valence-corrected chi connectivity index (χ4v) is 2.27. The predicted octanol–water partition coefficient (Wildman–Crippen LogP) is 1.82. The fourth-order valence-electron chi connectivity index (χ4n) is 1.54. The van der Waals surface area contributed by atoms with Crippen LogP contribution >= 0.6 is 27.5 Å². The number of nitrogens with one attached hydrogen (secondary N) is 2. The minimum absolute atomic E-state index is 0.0124. The lowest BCUT2D eigenvalue weighted by Crippen LogP contribution is -2.48. The monoisotopic (exact) mass is 332 g/mol. The molecule has 1 fully saturated rings. The van der Waals surface area contributed by atoms with E-state index in [4.69, 9.17) is 16.3 Å². The summed E-state index contributed by atoms with van der Waals surface area (Å²) < 4.78 is 6.23. The number of hydrogen-bond donors (Lipinski definition) is 2. The summed E-state index contributed by atoms with van der Waals surface area (Å²) in [4.78, 5) is 11.5. The molecule has 4 nitrogen and oxygen atoms in total. The highest BCUT2D eigenvalue weighted by Crippen LogP contribution is 2.27. The maximum absolute atomic E-state index is 11.5. The van der Waals surface area contributed by atoms with Crippen molar-refractivity contribution in [2.45, 2.75) is 0 Å². The first-order chi connectivity index (χ1) is 8.65. The molecule has 0 radical (unpaired) electrons. The van der Waals surface area contributed by atoms with Gasteiger partial charge in [0, 0.05) is 30.0 Å². The zero-order valence-corrected chi connectivity index (χ0v) is 12.1. The Morgan fingerprint density at radius 3 is 2.94 bits per heavy atom. The Bertz CT molecular complexity index is 438. The Morgan fingerprint density at radius 2 is 2.33 bits per heavy atom. The van der Waals surface area contributed by atoms with Crippen LogP contribution in [0, 0.1) is 5.92 Å². The van der Waals surface area contributed by atoms with Gasteiger partial charge in [0.25, 0.3) is 5.91 Å². The second-order valence-corrected chi connectivity index (χ2v) is 5.51. The van der Waals surface area contributed by atoms with E-state index in [1.54, 1.807) is 12.1 Å². The molecular formula is C12H14BrClN2O2. The van der Waals surface area contributed by atoms with E-state index in [1.807, 2.05) is 6.07 Å². The molecule has 6 heteroatoms. The van der Waals surface area contributed by atoms with Crippen molar-refractivity contribution in [2.75, 3.05) is 26.2 Å². The highest BCUT2D eigenvalue weighted by Gasteiger charge is 2.17. The van der Waals surface area contributed by atoms with Gasteiger partial charge < -0.3 is 15.4 Å². The number of carbonyl (C=O) groups is 1. The van der Waals surface area contributed by atoms with Crippen LogP contribution in [0.25, 0.3) is 0 Å². The Kier molecular flexibility index (Phi) is 4.86. The molecule has 1 aromatic rings. The van der Waals surface area contributed by atoms with Gasteiger partial charge in [-0.3, -0.25) is 4.79 Å². The quantitative estimate of drug-likeness (QED) is 0.864. The number of hydrogen-bond acceptors (Lipinski definition) is 3. The summed E-state index contributed by atoms with van der Waals surface area (Å²) in [6.07, 6.45) is 0. The Hall–Kier alpha value is -0.780. The molecule has 1 aliphatic rings. The fraction of sp³-hybridized carbons (Fsp3) is 0.417. The molecule has 0 bridgehead atoms. The second kappa shape index (κ2) is 6.41. The van der Waals surface area contributed by atoms with E-state index in [9.17, 15) is 4.79 Å². The minimum atomic E-state index is -0.124. The normalized spacial score (nSPS) is 15.0. The van der Waals surface area contributed by atoms with Gasteiger partial charge in [0.05, 0.1) is 5.02 Å². The smallest absolute Gasteiger partial charge is 0.257 e. The lowest BCUT2D eigenvalue weighted by atomic mass is 10.0. The number of rotatable bonds is 5. The van der Waals surface area contributed by atoms with Crippen LogP contribution in [0.1, 0.15) is 0 Å². The summed E-state index contributed by atoms with van der Waals surface area (Å²) >= 11 is 9.28. The zero-order valence-electron chi connectivity index (χ0n) is 9.71. The molecule has 1 aromatic carbocycles. The molecule has 1 saturated heterocycles. The van der Waals surface area contributed by atoms with Crippen LogP contribution in [0.3, 0.4) is 0 Å². The van der Waals surface area contributed by atoms with Gasteiger partial charge in [-0.15, -0.1) is 0 Å². The van der Waals surface area contributed by atoms with Crippen LogP contribution in [-0.4, -0.2) is 32.1 Å². The van der Waals surface area contributed by atoms with Gasteiger partial charge in [0.2, 0.25) is 0 Å². The van der Waals surface area contributed by atoms with E-state index in [1.165, 1.54) is 0 Å². The largest absolute Gasteiger partial charge is 0.482 e. The van der Waals surface area contributed by atoms with Gasteiger partial charge in [0.15, 0.2) is 6.61 Å². The number of benzene rings is 1. The third kappa shape index (κ3) is 3.86. The van der Waals surface area contributed by atoms with E-state index in [0.29, 0.717) is 23.2 Å². The van der Waals surface area contributed by atoms with E-state index < -0.39 is 0 Å². The summed E-state index contributed by atoms with van der Waals surface area (Å²) in [5, 5.41) is 6.47. The Balaban J connectivity index is 1.74. The standard InChI is InChI=1S/C12H14BrClN2O2/c13-9-1-2-11(10(14)3-9)18-7-12(17)16-6-8-4-15-5-8/h1-3,8,15H,4-7H2,(H,16,17). The molecule has 0 aliphatic carbocycles. The van der Waals surface area contributed by atoms with Crippen LogP contribution in [0.5, 0.6) is 5.75 Å². The van der Waals surface area contributed by atoms with Crippen molar-refractivity contribution < 1.29 is 9.53 Å². The van der Waals surface area contributed by atoms with Crippen LogP contribution in [0.4, 0.5) is 0 Å². The highest BCUT2D eigenvalue weighted by molar-refractivity contribution is 9.10. The molecular weight excluding hydrogens is 320 g/mol. The van der Waals surface area contributed by atoms with Crippen LogP contribution in [0.2, 0.25) is 5.02 Å². The molecule has 0 aromatic heterocycles. The van der Waals surface area contributed by atoms with E-state index in [0.717, 1.165) is 17.6 Å². The number of halogens is 2. The molecule has 18 heavy (non-hydrogen) atoms.